The number of amides is 1. The van der Waals surface area contributed by atoms with Gasteiger partial charge in [-0.1, -0.05) is 25.1 Å². The minimum atomic E-state index is -3.83. The van der Waals surface area contributed by atoms with Crippen molar-refractivity contribution in [3.05, 3.63) is 36.4 Å². The molecule has 32 heavy (non-hydrogen) atoms. The molecule has 0 aliphatic carbocycles. The van der Waals surface area contributed by atoms with Gasteiger partial charge >= 0.3 is 0 Å². The Labute approximate surface area is 190 Å². The number of thioether (sulfide) groups is 1. The van der Waals surface area contributed by atoms with E-state index in [1.54, 1.807) is 31.2 Å². The Morgan fingerprint density at radius 3 is 2.78 bits per heavy atom. The quantitative estimate of drug-likeness (QED) is 0.478. The molecule has 1 aromatic heterocycles. The normalized spacial score (nSPS) is 14.0. The summed E-state index contributed by atoms with van der Waals surface area (Å²) in [6.07, 6.45) is 1.91. The molecule has 1 aliphatic rings. The Morgan fingerprint density at radius 2 is 2.03 bits per heavy atom. The Kier molecular flexibility index (Phi) is 6.31. The lowest BCUT2D eigenvalue weighted by molar-refractivity contribution is -0.115. The number of hydrogen-bond donors (Lipinski definition) is 2. The van der Waals surface area contributed by atoms with Crippen molar-refractivity contribution in [2.75, 3.05) is 12.1 Å². The fourth-order valence-corrected chi connectivity index (χ4v) is 4.80. The van der Waals surface area contributed by atoms with Gasteiger partial charge in [0.25, 0.3) is 0 Å². The number of carbonyl (C=O) groups excluding carboxylic acids is 1. The van der Waals surface area contributed by atoms with E-state index in [-0.39, 0.29) is 17.6 Å². The number of benzene rings is 2. The zero-order chi connectivity index (χ0) is 22.9. The first-order valence-electron chi connectivity index (χ1n) is 10.2. The summed E-state index contributed by atoms with van der Waals surface area (Å²) in [5.74, 6) is 1.05. The highest BCUT2D eigenvalue weighted by atomic mass is 32.2. The number of carbonyl (C=O) groups is 1. The van der Waals surface area contributed by atoms with E-state index in [0.29, 0.717) is 34.4 Å². The monoisotopic (exact) mass is 476 g/mol. The van der Waals surface area contributed by atoms with Crippen LogP contribution in [-0.2, 0) is 21.4 Å². The molecule has 0 spiro atoms. The molecular formula is C21H24N4O5S2. The van der Waals surface area contributed by atoms with Crippen LogP contribution >= 0.6 is 11.8 Å². The molecule has 2 aromatic carbocycles. The molecule has 1 unspecified atom stereocenters. The molecule has 1 atom stereocenters. The van der Waals surface area contributed by atoms with Gasteiger partial charge in [0.05, 0.1) is 21.2 Å². The molecular weight excluding hydrogens is 452 g/mol. The van der Waals surface area contributed by atoms with Gasteiger partial charge in [-0.25, -0.2) is 18.5 Å². The lowest BCUT2D eigenvalue weighted by Crippen LogP contribution is -2.23. The molecule has 2 heterocycles. The van der Waals surface area contributed by atoms with Crippen LogP contribution in [0.3, 0.4) is 0 Å². The van der Waals surface area contributed by atoms with E-state index in [1.165, 1.54) is 23.9 Å². The number of rotatable bonds is 8. The van der Waals surface area contributed by atoms with Gasteiger partial charge in [-0.3, -0.25) is 4.79 Å². The highest BCUT2D eigenvalue weighted by molar-refractivity contribution is 8.00. The van der Waals surface area contributed by atoms with E-state index in [0.717, 1.165) is 18.4 Å². The molecule has 0 fully saturated rings. The third kappa shape index (κ3) is 4.69. The SMILES string of the molecule is CCCCn1c(SC(C)C(=O)Nc2ccc3c(c2)OCO3)nc2cc(S(N)(=O)=O)ccc21. The summed E-state index contributed by atoms with van der Waals surface area (Å²) < 4.78 is 36.1. The van der Waals surface area contributed by atoms with Crippen molar-refractivity contribution >= 4 is 44.4 Å². The topological polar surface area (TPSA) is 126 Å². The molecule has 0 saturated carbocycles. The average Bonchev–Trinajstić information content (AvgIpc) is 3.34. The first kappa shape index (κ1) is 22.4. The van der Waals surface area contributed by atoms with Crippen molar-refractivity contribution in [3.8, 4) is 11.5 Å². The van der Waals surface area contributed by atoms with Crippen LogP contribution in [0, 0.1) is 0 Å². The number of ether oxygens (including phenoxy) is 2. The zero-order valence-corrected chi connectivity index (χ0v) is 19.3. The van der Waals surface area contributed by atoms with Crippen LogP contribution in [0.4, 0.5) is 5.69 Å². The van der Waals surface area contributed by atoms with Gasteiger partial charge in [-0.15, -0.1) is 0 Å². The van der Waals surface area contributed by atoms with Gasteiger partial charge in [-0.2, -0.15) is 0 Å². The number of nitrogens with one attached hydrogen (secondary N) is 1. The minimum absolute atomic E-state index is 0.00953. The second kappa shape index (κ2) is 9.00. The minimum Gasteiger partial charge on any atom is -0.454 e. The fraction of sp³-hybridized carbons (Fsp3) is 0.333. The molecule has 0 radical (unpaired) electrons. The van der Waals surface area contributed by atoms with Crippen LogP contribution in [0.15, 0.2) is 46.5 Å². The largest absolute Gasteiger partial charge is 0.454 e. The number of nitrogens with zero attached hydrogens (tertiary/aromatic N) is 2. The molecule has 4 rings (SSSR count). The Bertz CT molecular complexity index is 1270. The highest BCUT2D eigenvalue weighted by Crippen LogP contribution is 2.35. The van der Waals surface area contributed by atoms with Crippen LogP contribution in [0.5, 0.6) is 11.5 Å². The highest BCUT2D eigenvalue weighted by Gasteiger charge is 2.22. The summed E-state index contributed by atoms with van der Waals surface area (Å²) in [5, 5.41) is 8.35. The average molecular weight is 477 g/mol. The molecule has 0 bridgehead atoms. The van der Waals surface area contributed by atoms with Gasteiger partial charge in [0.2, 0.25) is 22.7 Å². The first-order chi connectivity index (χ1) is 15.3. The number of imidazole rings is 1. The van der Waals surface area contributed by atoms with Gasteiger partial charge in [0.1, 0.15) is 0 Å². The van der Waals surface area contributed by atoms with Crippen molar-refractivity contribution < 1.29 is 22.7 Å². The summed E-state index contributed by atoms with van der Waals surface area (Å²) in [5.41, 5.74) is 1.94. The van der Waals surface area contributed by atoms with Crippen LogP contribution in [-0.4, -0.2) is 35.9 Å². The van der Waals surface area contributed by atoms with E-state index in [4.69, 9.17) is 14.6 Å². The van der Waals surface area contributed by atoms with Crippen molar-refractivity contribution in [1.29, 1.82) is 0 Å². The van der Waals surface area contributed by atoms with Crippen molar-refractivity contribution in [3.63, 3.8) is 0 Å². The molecule has 170 valence electrons. The molecule has 11 heteroatoms. The number of anilines is 1. The van der Waals surface area contributed by atoms with Gasteiger partial charge < -0.3 is 19.4 Å². The van der Waals surface area contributed by atoms with Gasteiger partial charge in [-0.05, 0) is 43.7 Å². The maximum Gasteiger partial charge on any atom is 0.238 e. The van der Waals surface area contributed by atoms with E-state index in [1.807, 2.05) is 4.57 Å². The maximum absolute atomic E-state index is 12.8. The van der Waals surface area contributed by atoms with Crippen molar-refractivity contribution in [2.45, 2.75) is 48.5 Å². The molecule has 9 nitrogen and oxygen atoms in total. The molecule has 1 amide bonds. The van der Waals surface area contributed by atoms with E-state index < -0.39 is 15.3 Å². The van der Waals surface area contributed by atoms with Crippen LogP contribution < -0.4 is 19.9 Å². The number of sulfonamides is 1. The first-order valence-corrected chi connectivity index (χ1v) is 12.6. The summed E-state index contributed by atoms with van der Waals surface area (Å²) in [6, 6.07) is 9.89. The predicted octanol–water partition coefficient (Wildman–Crippen LogP) is 3.33. The Balaban J connectivity index is 1.56. The van der Waals surface area contributed by atoms with Crippen molar-refractivity contribution in [1.82, 2.24) is 9.55 Å². The van der Waals surface area contributed by atoms with Crippen LogP contribution in [0.25, 0.3) is 11.0 Å². The Hall–Kier alpha value is -2.76. The number of primary sulfonamides is 1. The summed E-state index contributed by atoms with van der Waals surface area (Å²) in [7, 11) is -3.83. The number of aryl methyl sites for hydroxylation is 1. The molecule has 0 saturated heterocycles. The number of unbranched alkanes of at least 4 members (excludes halogenated alkanes) is 1. The fourth-order valence-electron chi connectivity index (χ4n) is 3.32. The number of nitrogens with two attached hydrogens (primary N) is 1. The van der Waals surface area contributed by atoms with E-state index in [2.05, 4.69) is 17.2 Å². The summed E-state index contributed by atoms with van der Waals surface area (Å²) in [6.45, 7) is 4.76. The maximum atomic E-state index is 12.8. The number of aromatic nitrogens is 2. The zero-order valence-electron chi connectivity index (χ0n) is 17.7. The van der Waals surface area contributed by atoms with Crippen molar-refractivity contribution in [2.24, 2.45) is 5.14 Å². The predicted molar refractivity (Wildman–Crippen MR) is 123 cm³/mol. The Morgan fingerprint density at radius 1 is 1.25 bits per heavy atom. The lowest BCUT2D eigenvalue weighted by Gasteiger charge is -2.13. The summed E-state index contributed by atoms with van der Waals surface area (Å²) >= 11 is 1.32. The molecule has 3 aromatic rings. The second-order valence-electron chi connectivity index (χ2n) is 7.41. The molecule has 1 aliphatic heterocycles. The van der Waals surface area contributed by atoms with Crippen LogP contribution in [0.2, 0.25) is 0 Å². The van der Waals surface area contributed by atoms with Crippen LogP contribution in [0.1, 0.15) is 26.7 Å². The third-order valence-electron chi connectivity index (χ3n) is 5.04. The standard InChI is InChI=1S/C21H24N4O5S2/c1-3-4-9-25-17-7-6-15(32(22,27)28)11-16(17)24-21(25)31-13(2)20(26)23-14-5-8-18-19(10-14)30-12-29-18/h5-8,10-11,13H,3-4,9,12H2,1-2H3,(H,23,26)(H2,22,27,28). The smallest absolute Gasteiger partial charge is 0.238 e. The van der Waals surface area contributed by atoms with E-state index in [9.17, 15) is 13.2 Å². The lowest BCUT2D eigenvalue weighted by atomic mass is 10.2. The summed E-state index contributed by atoms with van der Waals surface area (Å²) in [4.78, 5) is 17.4. The van der Waals surface area contributed by atoms with E-state index >= 15 is 0 Å². The third-order valence-corrected chi connectivity index (χ3v) is 7.04. The van der Waals surface area contributed by atoms with Gasteiger partial charge in [0, 0.05) is 18.3 Å². The number of hydrogen-bond acceptors (Lipinski definition) is 7. The van der Waals surface area contributed by atoms with Gasteiger partial charge in [0.15, 0.2) is 16.7 Å². The molecule has 3 N–H and O–H groups in total. The second-order valence-corrected chi connectivity index (χ2v) is 10.3. The number of fused-ring (bicyclic) bond motifs is 2.